The van der Waals surface area contributed by atoms with Gasteiger partial charge in [0.25, 0.3) is 0 Å². The van der Waals surface area contributed by atoms with E-state index in [1.165, 1.54) is 20.5 Å². The summed E-state index contributed by atoms with van der Waals surface area (Å²) in [5, 5.41) is -2.92. The monoisotopic (exact) mass is 799 g/mol. The highest BCUT2D eigenvalue weighted by atomic mass is 32.1. The molecule has 0 spiro atoms. The molecule has 0 aliphatic rings. The van der Waals surface area contributed by atoms with Gasteiger partial charge >= 0.3 is 0 Å². The van der Waals surface area contributed by atoms with Gasteiger partial charge in [0, 0.05) is 42.7 Å². The second kappa shape index (κ2) is 13.0. The number of thiophene rings is 1. The summed E-state index contributed by atoms with van der Waals surface area (Å²) in [7, 11) is -6.20. The summed E-state index contributed by atoms with van der Waals surface area (Å²) in [4.78, 5) is 0. The van der Waals surface area contributed by atoms with Crippen molar-refractivity contribution in [3.05, 3.63) is 218 Å². The lowest BCUT2D eigenvalue weighted by atomic mass is 10.1. The van der Waals surface area contributed by atoms with E-state index in [1.807, 2.05) is 0 Å². The largest absolute Gasteiger partial charge is 0.309 e. The number of nitrogens with zero attached hydrogens (tertiary/aromatic N) is 2. The van der Waals surface area contributed by atoms with Gasteiger partial charge in [0.1, 0.15) is 0 Å². The molecule has 12 rings (SSSR count). The van der Waals surface area contributed by atoms with Crippen LogP contribution in [0.1, 0.15) is 37.0 Å². The van der Waals surface area contributed by atoms with Gasteiger partial charge in [-0.25, -0.2) is 0 Å². The number of aromatic nitrogens is 2. The van der Waals surface area contributed by atoms with Gasteiger partial charge in [-0.05, 0) is 63.1 Å². The van der Waals surface area contributed by atoms with Crippen LogP contribution < -0.4 is 20.7 Å². The fourth-order valence-electron chi connectivity index (χ4n) is 8.05. The van der Waals surface area contributed by atoms with Gasteiger partial charge in [-0.1, -0.05) is 175 Å². The summed E-state index contributed by atoms with van der Waals surface area (Å²) < 4.78 is 253. The maximum atomic E-state index is 10.3. The second-order valence-corrected chi connectivity index (χ2v) is 17.8. The Kier molecular flexibility index (Phi) is 3.62. The SMILES string of the molecule is [2H]c1c([2H])c([2H])c([Si](c2c([2H])c([2H])c([2H])c([2H])c2[2H])(c2c([2H])c([2H])c([2H])c([2H])c2[2H])c2c([2H])c([2H])c(-n3c4ccccc4c4cc(-n5c6c([2H])c([2H])c([2H])c([2H])c6c6c([2H])c([2H])c([2H])c([2H])c65)c5sc6ccccc6c5c43)c([2H])c2[2H])c([2H])c1[2H]. The lowest BCUT2D eigenvalue weighted by molar-refractivity contribution is 1.18. The molecule has 12 aromatic rings. The summed E-state index contributed by atoms with van der Waals surface area (Å²) in [6.07, 6.45) is 0. The molecule has 58 heavy (non-hydrogen) atoms. The third-order valence-electron chi connectivity index (χ3n) is 10.4. The Hall–Kier alpha value is -6.98. The fraction of sp³-hybridized carbons (Fsp3) is 0. The zero-order valence-electron chi connectivity index (χ0n) is 56.5. The maximum Gasteiger partial charge on any atom is 0.179 e. The molecule has 3 aromatic heterocycles. The predicted molar refractivity (Wildman–Crippen MR) is 252 cm³/mol. The van der Waals surface area contributed by atoms with E-state index in [0.717, 1.165) is 0 Å². The third kappa shape index (κ3) is 4.70. The van der Waals surface area contributed by atoms with Crippen molar-refractivity contribution >= 4 is 104 Å². The molecule has 0 bridgehead atoms. The Bertz CT molecular complexity index is 4760. The number of benzene rings is 9. The van der Waals surface area contributed by atoms with E-state index < -0.39 is 198 Å². The molecule has 0 saturated heterocycles. The van der Waals surface area contributed by atoms with Crippen LogP contribution in [-0.2, 0) is 0 Å². The van der Waals surface area contributed by atoms with Crippen LogP contribution in [0.2, 0.25) is 0 Å². The quantitative estimate of drug-likeness (QED) is 0.117. The Morgan fingerprint density at radius 2 is 0.914 bits per heavy atom. The molecule has 0 unspecified atom stereocenters. The van der Waals surface area contributed by atoms with Crippen LogP contribution in [0.4, 0.5) is 0 Å². The van der Waals surface area contributed by atoms with Gasteiger partial charge < -0.3 is 9.13 Å². The highest BCUT2D eigenvalue weighted by Gasteiger charge is 2.41. The third-order valence-corrected chi connectivity index (χ3v) is 15.6. The van der Waals surface area contributed by atoms with Gasteiger partial charge in [-0.2, -0.15) is 0 Å². The normalized spacial score (nSPS) is 18.7. The molecule has 9 aromatic carbocycles. The number of fused-ring (bicyclic) bond motifs is 10. The van der Waals surface area contributed by atoms with Crippen LogP contribution in [0.15, 0.2) is 218 Å². The van der Waals surface area contributed by atoms with E-state index in [-0.39, 0.29) is 38.5 Å². The lowest BCUT2D eigenvalue weighted by Crippen LogP contribution is -2.74. The molecule has 0 N–H and O–H groups in total. The van der Waals surface area contributed by atoms with E-state index in [4.69, 9.17) is 20.6 Å². The number of para-hydroxylation sites is 3. The minimum Gasteiger partial charge on any atom is -0.309 e. The maximum absolute atomic E-state index is 10.3. The molecule has 0 fully saturated rings. The van der Waals surface area contributed by atoms with Crippen LogP contribution >= 0.6 is 11.3 Å². The minimum atomic E-state index is -6.20. The number of hydrogen-bond acceptors (Lipinski definition) is 1. The molecule has 272 valence electrons. The highest BCUT2D eigenvalue weighted by Crippen LogP contribution is 2.47. The van der Waals surface area contributed by atoms with Crippen LogP contribution in [-0.4, -0.2) is 17.2 Å². The first-order valence-corrected chi connectivity index (χ1v) is 20.5. The molecule has 0 aliphatic carbocycles. The Labute approximate surface area is 379 Å². The molecule has 0 amide bonds. The molecule has 0 aliphatic heterocycles. The van der Waals surface area contributed by atoms with E-state index >= 15 is 0 Å². The van der Waals surface area contributed by atoms with Crippen molar-refractivity contribution in [2.24, 2.45) is 0 Å². The van der Waals surface area contributed by atoms with Gasteiger partial charge in [0.2, 0.25) is 0 Å². The van der Waals surface area contributed by atoms with E-state index in [0.29, 0.717) is 30.9 Å². The van der Waals surface area contributed by atoms with Crippen molar-refractivity contribution in [3.63, 3.8) is 0 Å². The van der Waals surface area contributed by atoms with Crippen LogP contribution in [0.25, 0.3) is 75.2 Å². The Morgan fingerprint density at radius 1 is 0.414 bits per heavy atom. The molecule has 4 heteroatoms. The van der Waals surface area contributed by atoms with Gasteiger partial charge in [0.15, 0.2) is 8.07 Å². The lowest BCUT2D eigenvalue weighted by Gasteiger charge is -2.34. The van der Waals surface area contributed by atoms with Gasteiger partial charge in [0.05, 0.1) is 69.5 Å². The smallest absolute Gasteiger partial charge is 0.179 e. The van der Waals surface area contributed by atoms with Crippen LogP contribution in [0, 0.1) is 0 Å². The topological polar surface area (TPSA) is 9.86 Å². The molecule has 0 saturated carbocycles. The first-order chi connectivity index (χ1) is 40.0. The van der Waals surface area contributed by atoms with Crippen molar-refractivity contribution in [3.8, 4) is 11.4 Å². The Balaban J connectivity index is 1.32. The molecular formula is C54H36N2SSi. The van der Waals surface area contributed by atoms with E-state index in [1.54, 1.807) is 54.6 Å². The second-order valence-electron chi connectivity index (χ2n) is 13.2. The summed E-state index contributed by atoms with van der Waals surface area (Å²) in [6, 6.07) is -10.6. The van der Waals surface area contributed by atoms with E-state index in [9.17, 15) is 16.4 Å². The van der Waals surface area contributed by atoms with Crippen LogP contribution in [0.5, 0.6) is 0 Å². The first-order valence-electron chi connectivity index (χ1n) is 31.2. The molecule has 0 atom stereocenters. The van der Waals surface area contributed by atoms with Crippen molar-refractivity contribution < 1.29 is 37.0 Å². The molecule has 2 nitrogen and oxygen atoms in total. The number of hydrogen-bond donors (Lipinski definition) is 0. The summed E-state index contributed by atoms with van der Waals surface area (Å²) in [5.41, 5.74) is -0.328. The minimum absolute atomic E-state index is 0.170. The highest BCUT2D eigenvalue weighted by molar-refractivity contribution is 7.26. The predicted octanol–water partition coefficient (Wildman–Crippen LogP) is 11.6. The van der Waals surface area contributed by atoms with Crippen molar-refractivity contribution in [2.75, 3.05) is 0 Å². The zero-order valence-corrected chi connectivity index (χ0v) is 31.3. The molecule has 3 heterocycles. The fourth-order valence-corrected chi connectivity index (χ4v) is 12.8. The van der Waals surface area contributed by atoms with Gasteiger partial charge in [-0.3, -0.25) is 0 Å². The summed E-state index contributed by atoms with van der Waals surface area (Å²) >= 11 is 1.18. The van der Waals surface area contributed by atoms with Gasteiger partial charge in [-0.15, -0.1) is 11.3 Å². The average Bonchev–Trinajstić information content (AvgIpc) is 1.72. The first kappa shape index (κ1) is 16.1. The Morgan fingerprint density at radius 3 is 1.52 bits per heavy atom. The molecular weight excluding hydrogens is 737 g/mol. The van der Waals surface area contributed by atoms with Crippen molar-refractivity contribution in [1.29, 1.82) is 0 Å². The summed E-state index contributed by atoms with van der Waals surface area (Å²) in [6.45, 7) is 0. The standard InChI is InChI=1S/C54H36N2SSi/c1-4-18-38(19-5-1)58(39-20-6-2-7-21-39,40-22-8-3-9-23-40)41-34-32-37(33-35-41)55-47-28-14-12-26-44(47)46-36-50(54-52(53(46)55)45-27-13-17-31-51(45)57-54)56-48-29-15-10-24-42(48)43-25-11-16-30-49(43)56/h1-36H/i1D,2D,3D,4D,5D,6D,7D,8D,9D,10D,11D,15D,16D,18D,19D,20D,21D,22D,23D,24D,25D,29D,30D,32D,33D,34D,35D. The summed E-state index contributed by atoms with van der Waals surface area (Å²) in [5.74, 6) is 0. The van der Waals surface area contributed by atoms with E-state index in [2.05, 4.69) is 0 Å². The average molecular weight is 800 g/mol. The number of rotatable bonds is 6. The van der Waals surface area contributed by atoms with Crippen molar-refractivity contribution in [1.82, 2.24) is 9.13 Å². The molecule has 0 radical (unpaired) electrons. The zero-order chi connectivity index (χ0) is 61.7. The van der Waals surface area contributed by atoms with Crippen molar-refractivity contribution in [2.45, 2.75) is 0 Å². The van der Waals surface area contributed by atoms with Crippen LogP contribution in [0.3, 0.4) is 0 Å².